The third-order valence-electron chi connectivity index (χ3n) is 4.64. The molecule has 0 aromatic heterocycles. The lowest BCUT2D eigenvalue weighted by molar-refractivity contribution is -0.0440. The molecule has 2 heterocycles. The highest BCUT2D eigenvalue weighted by atomic mass is 79.9. The van der Waals surface area contributed by atoms with Gasteiger partial charge in [0.1, 0.15) is 5.75 Å². The molecule has 2 aliphatic heterocycles. The zero-order chi connectivity index (χ0) is 13.5. The zero-order valence-corrected chi connectivity index (χ0v) is 12.8. The Balaban J connectivity index is 1.83. The van der Waals surface area contributed by atoms with Crippen LogP contribution in [0, 0.1) is 5.92 Å². The van der Waals surface area contributed by atoms with Crippen molar-refractivity contribution in [2.45, 2.75) is 24.9 Å². The van der Waals surface area contributed by atoms with Gasteiger partial charge in [-0.15, -0.1) is 0 Å². The normalized spacial score (nSPS) is 33.4. The van der Waals surface area contributed by atoms with Gasteiger partial charge in [0.15, 0.2) is 0 Å². The molecule has 2 aliphatic rings. The average molecular weight is 326 g/mol. The molecule has 2 fully saturated rings. The largest absolute Gasteiger partial charge is 0.497 e. The van der Waals surface area contributed by atoms with Gasteiger partial charge in [-0.25, -0.2) is 0 Å². The summed E-state index contributed by atoms with van der Waals surface area (Å²) in [6.07, 6.45) is 2.71. The number of rotatable bonds is 3. The number of piperidine rings is 1. The van der Waals surface area contributed by atoms with Crippen LogP contribution in [0.1, 0.15) is 18.4 Å². The van der Waals surface area contributed by atoms with Crippen LogP contribution in [0.15, 0.2) is 22.7 Å². The summed E-state index contributed by atoms with van der Waals surface area (Å²) >= 11 is 3.59. The molecule has 0 spiro atoms. The number of benzene rings is 1. The summed E-state index contributed by atoms with van der Waals surface area (Å²) in [6, 6.07) is 5.97. The van der Waals surface area contributed by atoms with Crippen LogP contribution in [0.4, 0.5) is 0 Å². The Kier molecular flexibility index (Phi) is 3.58. The van der Waals surface area contributed by atoms with Crippen molar-refractivity contribution in [3.05, 3.63) is 28.2 Å². The minimum atomic E-state index is -0.554. The van der Waals surface area contributed by atoms with Gasteiger partial charge < -0.3 is 14.7 Å². The van der Waals surface area contributed by atoms with Gasteiger partial charge in [-0.1, -0.05) is 15.9 Å². The number of ether oxygens (including phenoxy) is 1. The SMILES string of the molecule is COc1ccc(Br)c(CC2(O)CCN3CCC2C3)c1. The van der Waals surface area contributed by atoms with Gasteiger partial charge in [-0.05, 0) is 43.1 Å². The maximum absolute atomic E-state index is 11.0. The van der Waals surface area contributed by atoms with E-state index in [0.717, 1.165) is 48.3 Å². The molecule has 1 N–H and O–H groups in total. The monoisotopic (exact) mass is 325 g/mol. The molecule has 1 aromatic rings. The summed E-state index contributed by atoms with van der Waals surface area (Å²) in [5.41, 5.74) is 0.587. The van der Waals surface area contributed by atoms with Gasteiger partial charge in [0.05, 0.1) is 12.7 Å². The van der Waals surface area contributed by atoms with E-state index in [4.69, 9.17) is 4.74 Å². The smallest absolute Gasteiger partial charge is 0.119 e. The first-order valence-electron chi connectivity index (χ1n) is 6.88. The van der Waals surface area contributed by atoms with E-state index < -0.39 is 5.60 Å². The fraction of sp³-hybridized carbons (Fsp3) is 0.600. The fourth-order valence-corrected chi connectivity index (χ4v) is 3.79. The lowest BCUT2D eigenvalue weighted by Gasteiger charge is -2.39. The maximum Gasteiger partial charge on any atom is 0.119 e. The molecule has 2 saturated heterocycles. The van der Waals surface area contributed by atoms with Crippen molar-refractivity contribution >= 4 is 15.9 Å². The second-order valence-corrected chi connectivity index (χ2v) is 6.63. The van der Waals surface area contributed by atoms with Gasteiger partial charge in [-0.2, -0.15) is 0 Å². The molecule has 104 valence electrons. The maximum atomic E-state index is 11.0. The van der Waals surface area contributed by atoms with Gasteiger partial charge in [0.25, 0.3) is 0 Å². The van der Waals surface area contributed by atoms with Crippen LogP contribution in [0.2, 0.25) is 0 Å². The van der Waals surface area contributed by atoms with Crippen LogP contribution in [0.3, 0.4) is 0 Å². The molecular weight excluding hydrogens is 306 g/mol. The number of hydrogen-bond donors (Lipinski definition) is 1. The van der Waals surface area contributed by atoms with Crippen molar-refractivity contribution in [2.75, 3.05) is 26.7 Å². The standard InChI is InChI=1S/C15H20BrNO2/c1-19-13-2-3-14(16)11(8-13)9-15(18)5-7-17-6-4-12(15)10-17/h2-3,8,12,18H,4-7,9-10H2,1H3. The molecule has 2 bridgehead atoms. The molecule has 19 heavy (non-hydrogen) atoms. The summed E-state index contributed by atoms with van der Waals surface area (Å²) < 4.78 is 6.34. The predicted molar refractivity (Wildman–Crippen MR) is 78.5 cm³/mol. The zero-order valence-electron chi connectivity index (χ0n) is 11.2. The van der Waals surface area contributed by atoms with E-state index in [2.05, 4.69) is 20.8 Å². The Bertz CT molecular complexity index is 479. The first-order chi connectivity index (χ1) is 9.10. The summed E-state index contributed by atoms with van der Waals surface area (Å²) in [4.78, 5) is 2.46. The van der Waals surface area contributed by atoms with E-state index in [9.17, 15) is 5.11 Å². The molecule has 0 radical (unpaired) electrons. The summed E-state index contributed by atoms with van der Waals surface area (Å²) in [5.74, 6) is 1.27. The van der Waals surface area contributed by atoms with Gasteiger partial charge >= 0.3 is 0 Å². The third-order valence-corrected chi connectivity index (χ3v) is 5.42. The van der Waals surface area contributed by atoms with Crippen molar-refractivity contribution < 1.29 is 9.84 Å². The third kappa shape index (κ3) is 2.54. The number of halogens is 1. The number of methoxy groups -OCH3 is 1. The van der Waals surface area contributed by atoms with Crippen molar-refractivity contribution in [1.29, 1.82) is 0 Å². The van der Waals surface area contributed by atoms with Crippen LogP contribution in [-0.4, -0.2) is 42.4 Å². The quantitative estimate of drug-likeness (QED) is 0.926. The molecule has 3 atom stereocenters. The van der Waals surface area contributed by atoms with Gasteiger partial charge in [0.2, 0.25) is 0 Å². The highest BCUT2D eigenvalue weighted by Gasteiger charge is 2.44. The second kappa shape index (κ2) is 5.08. The number of hydrogen-bond acceptors (Lipinski definition) is 3. The van der Waals surface area contributed by atoms with E-state index in [1.54, 1.807) is 7.11 Å². The van der Waals surface area contributed by atoms with Crippen LogP contribution in [-0.2, 0) is 6.42 Å². The first-order valence-corrected chi connectivity index (χ1v) is 7.67. The molecule has 3 nitrogen and oxygen atoms in total. The van der Waals surface area contributed by atoms with Crippen molar-refractivity contribution in [3.63, 3.8) is 0 Å². The van der Waals surface area contributed by atoms with Crippen molar-refractivity contribution in [1.82, 2.24) is 4.90 Å². The first kappa shape index (κ1) is 13.4. The summed E-state index contributed by atoms with van der Waals surface area (Å²) in [6.45, 7) is 3.22. The number of fused-ring (bicyclic) bond motifs is 2. The Hall–Kier alpha value is -0.580. The molecule has 0 aliphatic carbocycles. The second-order valence-electron chi connectivity index (χ2n) is 5.77. The van der Waals surface area contributed by atoms with E-state index >= 15 is 0 Å². The average Bonchev–Trinajstić information content (AvgIpc) is 2.83. The van der Waals surface area contributed by atoms with Gasteiger partial charge in [0, 0.05) is 29.9 Å². The van der Waals surface area contributed by atoms with Crippen LogP contribution in [0.5, 0.6) is 5.75 Å². The lowest BCUT2D eigenvalue weighted by Crippen LogP contribution is -2.47. The molecule has 3 rings (SSSR count). The molecule has 0 saturated carbocycles. The van der Waals surface area contributed by atoms with E-state index in [1.165, 1.54) is 0 Å². The Labute approximate surface area is 122 Å². The van der Waals surface area contributed by atoms with Gasteiger partial charge in [-0.3, -0.25) is 0 Å². The minimum absolute atomic E-state index is 0.416. The molecule has 1 aromatic carbocycles. The van der Waals surface area contributed by atoms with E-state index in [1.807, 2.05) is 18.2 Å². The lowest BCUT2D eigenvalue weighted by atomic mass is 9.78. The van der Waals surface area contributed by atoms with Crippen molar-refractivity contribution in [3.8, 4) is 5.75 Å². The molecule has 3 unspecified atom stereocenters. The Morgan fingerprint density at radius 3 is 3.11 bits per heavy atom. The Morgan fingerprint density at radius 1 is 1.47 bits per heavy atom. The topological polar surface area (TPSA) is 32.7 Å². The molecular formula is C15H20BrNO2. The summed E-state index contributed by atoms with van der Waals surface area (Å²) in [7, 11) is 1.68. The number of aliphatic hydroxyl groups is 1. The predicted octanol–water partition coefficient (Wildman–Crippen LogP) is 2.46. The van der Waals surface area contributed by atoms with E-state index in [-0.39, 0.29) is 0 Å². The van der Waals surface area contributed by atoms with Crippen LogP contribution >= 0.6 is 15.9 Å². The molecule has 4 heteroatoms. The van der Waals surface area contributed by atoms with Crippen molar-refractivity contribution in [2.24, 2.45) is 5.92 Å². The van der Waals surface area contributed by atoms with Crippen LogP contribution in [0.25, 0.3) is 0 Å². The highest BCUT2D eigenvalue weighted by molar-refractivity contribution is 9.10. The highest BCUT2D eigenvalue weighted by Crippen LogP contribution is 2.39. The van der Waals surface area contributed by atoms with Crippen LogP contribution < -0.4 is 4.74 Å². The van der Waals surface area contributed by atoms with E-state index in [0.29, 0.717) is 12.3 Å². The Morgan fingerprint density at radius 2 is 2.32 bits per heavy atom. The summed E-state index contributed by atoms with van der Waals surface area (Å²) in [5, 5.41) is 11.0. The molecule has 0 amide bonds. The minimum Gasteiger partial charge on any atom is -0.497 e. The fourth-order valence-electron chi connectivity index (χ4n) is 3.41. The number of nitrogens with zero attached hydrogens (tertiary/aromatic N) is 1.